The van der Waals surface area contributed by atoms with Crippen LogP contribution in [0.15, 0.2) is 74.9 Å². The number of hydrogen-bond acceptors (Lipinski definition) is 11. The van der Waals surface area contributed by atoms with Crippen molar-refractivity contribution in [1.29, 1.82) is 0 Å². The topological polar surface area (TPSA) is 205 Å². The van der Waals surface area contributed by atoms with Gasteiger partial charge in [-0.3, -0.25) is 0 Å². The average molecular weight is 835 g/mol. The number of benzene rings is 5. The minimum absolute atomic E-state index is 0. The van der Waals surface area contributed by atoms with Crippen molar-refractivity contribution in [1.82, 2.24) is 0 Å². The first kappa shape index (κ1) is 47.2. The van der Waals surface area contributed by atoms with Crippen molar-refractivity contribution < 1.29 is 107 Å². The number of fused-ring (bicyclic) bond motifs is 2. The maximum Gasteiger partial charge on any atom is 1.00 e. The summed E-state index contributed by atoms with van der Waals surface area (Å²) in [7, 11) is -13.2. The fraction of sp³-hybridized carbons (Fsp3) is 0.205. The van der Waals surface area contributed by atoms with Crippen molar-refractivity contribution in [2.24, 2.45) is 0 Å². The Bertz CT molecular complexity index is 2900. The fourth-order valence-corrected chi connectivity index (χ4v) is 7.96. The van der Waals surface area contributed by atoms with Crippen molar-refractivity contribution >= 4 is 58.9 Å². The van der Waals surface area contributed by atoms with Crippen molar-refractivity contribution in [3.63, 3.8) is 0 Å². The number of aryl methyl sites for hydroxylation is 4. The first-order valence-corrected chi connectivity index (χ1v) is 20.2. The maximum atomic E-state index is 12.8. The van der Waals surface area contributed by atoms with Gasteiger partial charge in [0.05, 0.1) is 11.0 Å². The molecule has 4 aromatic rings. The van der Waals surface area contributed by atoms with Crippen LogP contribution < -0.4 is 74.8 Å². The summed E-state index contributed by atoms with van der Waals surface area (Å²) >= 11 is 0. The smallest absolute Gasteiger partial charge is 0.744 e. The minimum atomic E-state index is -5.09. The van der Waals surface area contributed by atoms with Gasteiger partial charge in [-0.15, -0.1) is 18.7 Å². The molecule has 0 amide bonds. The van der Waals surface area contributed by atoms with Crippen LogP contribution in [-0.2, 0) is 30.8 Å². The van der Waals surface area contributed by atoms with E-state index in [1.165, 1.54) is 35.9 Å². The molecular weight excluding hydrogens is 799 g/mol. The Morgan fingerprint density at radius 2 is 1.23 bits per heavy atom. The van der Waals surface area contributed by atoms with Gasteiger partial charge >= 0.3 is 69.7 Å². The van der Waals surface area contributed by atoms with Gasteiger partial charge in [0.15, 0.2) is 0 Å². The molecule has 17 heteroatoms. The third kappa shape index (κ3) is 9.91. The molecule has 0 saturated carbocycles. The molecule has 0 radical (unpaired) electrons. The molecule has 1 aliphatic carbocycles. The van der Waals surface area contributed by atoms with E-state index in [-0.39, 0.29) is 86.9 Å². The van der Waals surface area contributed by atoms with Crippen LogP contribution in [0.5, 0.6) is 0 Å². The summed E-state index contributed by atoms with van der Waals surface area (Å²) in [6, 6.07) is 18.8. The molecule has 0 bridgehead atoms. The Hall–Kier alpha value is -3.19. The Balaban J connectivity index is 0.00000134. The Morgan fingerprint density at radius 3 is 1.82 bits per heavy atom. The summed E-state index contributed by atoms with van der Waals surface area (Å²) in [6.07, 6.45) is 0. The van der Waals surface area contributed by atoms with Crippen LogP contribution in [0.4, 0.5) is 17.1 Å². The predicted molar refractivity (Wildman–Crippen MR) is 201 cm³/mol. The fourth-order valence-electron chi connectivity index (χ4n) is 6.64. The van der Waals surface area contributed by atoms with Gasteiger partial charge in [-0.2, -0.15) is 12.1 Å². The maximum absolute atomic E-state index is 12.8. The van der Waals surface area contributed by atoms with E-state index in [1.54, 1.807) is 18.2 Å². The Morgan fingerprint density at radius 1 is 0.679 bits per heavy atom. The van der Waals surface area contributed by atoms with E-state index in [4.69, 9.17) is 17.0 Å². The summed E-state index contributed by atoms with van der Waals surface area (Å²) in [6.45, 7) is 15.9. The summed E-state index contributed by atoms with van der Waals surface area (Å²) in [5, 5.41) is 3.78. The zero-order chi connectivity index (χ0) is 40.0. The number of anilines is 2. The second-order valence-corrected chi connectivity index (χ2v) is 16.2. The third-order valence-corrected chi connectivity index (χ3v) is 11.5. The number of hydrogen-bond donors (Lipinski definition) is 2. The molecule has 6 rings (SSSR count). The van der Waals surface area contributed by atoms with Crippen LogP contribution in [0.25, 0.3) is 33.4 Å². The molecule has 0 fully saturated rings. The predicted octanol–water partition coefficient (Wildman–Crippen LogP) is -0.659. The zero-order valence-corrected chi connectivity index (χ0v) is 39.0. The first-order valence-electron chi connectivity index (χ1n) is 16.4. The van der Waals surface area contributed by atoms with E-state index in [0.717, 1.165) is 44.6 Å². The standard InChI is InChI=1S/C39H37N2O7S2.2Na.O3S/c1-20-15-22(3)38(26(7)24(20)5)40-28-13-14-29-33(17-28)48-34-19-32(41-39-23(4)16-21(2)25(6)27(39)8)36(50(45,46)47)18-31(34)37(29)30-11-9-10-12-35(30)49(42,43)44;;;1-4(2)3/h9-12,14-19,40H,1-8H3,(H,42,43,44)(H,45,46,47);;;/q-1;2*+1;/p-1. The molecule has 282 valence electrons. The van der Waals surface area contributed by atoms with Crippen molar-refractivity contribution in [3.8, 4) is 22.5 Å². The summed E-state index contributed by atoms with van der Waals surface area (Å²) in [5.41, 5.74) is 11.0. The SMILES string of the molecule is Cc1cc(C)c(Nc2[c-]cc3c(-c4ccccc4S(=O)(=O)[O-])c4cc(S(=O)(=O)[O-])c(=[NH+]c5c(C)cc(C)c(C)c5C)cc-4oc3c2)c(C)c1C.O=S(=O)=O.[Na+].[Na+]. The third-order valence-electron chi connectivity index (χ3n) is 9.68. The summed E-state index contributed by atoms with van der Waals surface area (Å²) < 4.78 is 108. The molecule has 2 N–H and O–H groups in total. The second-order valence-electron chi connectivity index (χ2n) is 13.1. The normalized spacial score (nSPS) is 11.7. The molecule has 0 unspecified atom stereocenters. The summed E-state index contributed by atoms with van der Waals surface area (Å²) in [4.78, 5) is 2.11. The zero-order valence-electron chi connectivity index (χ0n) is 32.6. The molecule has 4 aromatic carbocycles. The van der Waals surface area contributed by atoms with E-state index in [0.29, 0.717) is 22.3 Å². The van der Waals surface area contributed by atoms with Crippen LogP contribution >= 0.6 is 0 Å². The molecule has 56 heavy (non-hydrogen) atoms. The molecule has 0 aromatic heterocycles. The van der Waals surface area contributed by atoms with Crippen LogP contribution in [0, 0.1) is 61.5 Å². The summed E-state index contributed by atoms with van der Waals surface area (Å²) in [5.74, 6) is 0.148. The first-order chi connectivity index (χ1) is 25.1. The van der Waals surface area contributed by atoms with Gasteiger partial charge in [0.25, 0.3) is 0 Å². The van der Waals surface area contributed by atoms with Gasteiger partial charge in [-0.05, 0) is 113 Å². The molecule has 0 saturated heterocycles. The van der Waals surface area contributed by atoms with Crippen LogP contribution in [0.1, 0.15) is 44.5 Å². The number of nitrogens with one attached hydrogen (secondary N) is 2. The molecule has 1 aliphatic heterocycles. The van der Waals surface area contributed by atoms with Crippen LogP contribution in [0.3, 0.4) is 0 Å². The van der Waals surface area contributed by atoms with Crippen LogP contribution in [0.2, 0.25) is 0 Å². The van der Waals surface area contributed by atoms with Crippen molar-refractivity contribution in [3.05, 3.63) is 117 Å². The molecule has 0 spiro atoms. The molecule has 0 atom stereocenters. The van der Waals surface area contributed by atoms with Gasteiger partial charge in [-0.1, -0.05) is 40.9 Å². The van der Waals surface area contributed by atoms with Gasteiger partial charge in [-0.25, -0.2) is 21.8 Å². The monoisotopic (exact) mass is 834 g/mol. The van der Waals surface area contributed by atoms with Gasteiger partial charge in [0.2, 0.25) is 11.0 Å². The molecule has 2 aliphatic rings. The number of rotatable bonds is 6. The largest absolute Gasteiger partial charge is 1.00 e. The van der Waals surface area contributed by atoms with Gasteiger partial charge in [0.1, 0.15) is 30.9 Å². The van der Waals surface area contributed by atoms with Crippen LogP contribution in [-0.4, -0.2) is 38.6 Å². The quantitative estimate of drug-likeness (QED) is 0.0934. The molecule has 1 heterocycles. The van der Waals surface area contributed by atoms with E-state index in [2.05, 4.69) is 36.3 Å². The molecule has 12 nitrogen and oxygen atoms in total. The molecular formula is C39H36N2Na2O10S3. The van der Waals surface area contributed by atoms with E-state index < -0.39 is 40.6 Å². The minimum Gasteiger partial charge on any atom is -0.744 e. The van der Waals surface area contributed by atoms with Crippen molar-refractivity contribution in [2.75, 3.05) is 5.32 Å². The van der Waals surface area contributed by atoms with Gasteiger partial charge in [0, 0.05) is 28.0 Å². The Kier molecular flexibility index (Phi) is 15.3. The van der Waals surface area contributed by atoms with Crippen molar-refractivity contribution in [2.45, 2.75) is 65.2 Å². The van der Waals surface area contributed by atoms with E-state index >= 15 is 0 Å². The van der Waals surface area contributed by atoms with Gasteiger partial charge < -0.3 is 18.8 Å². The Labute approximate surface area is 372 Å². The average Bonchev–Trinajstić information content (AvgIpc) is 3.07. The van der Waals surface area contributed by atoms with E-state index in [1.807, 2.05) is 47.6 Å². The second kappa shape index (κ2) is 18.2. The van der Waals surface area contributed by atoms with E-state index in [9.17, 15) is 25.9 Å².